The Labute approximate surface area is 179 Å². The minimum absolute atomic E-state index is 0.365. The number of hydrogen-bond donors (Lipinski definition) is 1. The van der Waals surface area contributed by atoms with Gasteiger partial charge in [-0.05, 0) is 53.6 Å². The number of rotatable bonds is 6. The van der Waals surface area contributed by atoms with Crippen LogP contribution in [-0.4, -0.2) is 23.0 Å². The first-order valence-corrected chi connectivity index (χ1v) is 9.63. The fourth-order valence-corrected chi connectivity index (χ4v) is 3.08. The van der Waals surface area contributed by atoms with E-state index >= 15 is 0 Å². The number of ether oxygens (including phenoxy) is 2. The molecular formula is C25H19N3O3. The average Bonchev–Trinajstić information content (AvgIpc) is 3.26. The summed E-state index contributed by atoms with van der Waals surface area (Å²) < 4.78 is 10.5. The van der Waals surface area contributed by atoms with Crippen LogP contribution < -0.4 is 4.74 Å². The van der Waals surface area contributed by atoms with Crippen LogP contribution in [-0.2, 0) is 11.3 Å². The molecule has 4 aromatic rings. The maximum Gasteiger partial charge on any atom is 0.337 e. The van der Waals surface area contributed by atoms with Gasteiger partial charge in [-0.1, -0.05) is 36.4 Å². The Morgan fingerprint density at radius 1 is 1.06 bits per heavy atom. The zero-order chi connectivity index (χ0) is 21.6. The van der Waals surface area contributed by atoms with Crippen LogP contribution in [0.4, 0.5) is 0 Å². The maximum atomic E-state index is 11.5. The first kappa shape index (κ1) is 19.9. The first-order valence-electron chi connectivity index (χ1n) is 9.63. The number of nitriles is 1. The van der Waals surface area contributed by atoms with Crippen molar-refractivity contribution in [2.24, 2.45) is 0 Å². The fraction of sp³-hybridized carbons (Fsp3) is 0.0800. The van der Waals surface area contributed by atoms with E-state index < -0.39 is 0 Å². The van der Waals surface area contributed by atoms with Gasteiger partial charge >= 0.3 is 5.97 Å². The highest BCUT2D eigenvalue weighted by atomic mass is 16.5. The molecule has 4 rings (SSSR count). The van der Waals surface area contributed by atoms with Gasteiger partial charge in [0.25, 0.3) is 0 Å². The topological polar surface area (TPSA) is 88.0 Å². The predicted octanol–water partition coefficient (Wildman–Crippen LogP) is 4.99. The Kier molecular flexibility index (Phi) is 5.77. The van der Waals surface area contributed by atoms with E-state index in [1.807, 2.05) is 60.7 Å². The molecule has 0 atom stereocenters. The van der Waals surface area contributed by atoms with Crippen LogP contribution in [0, 0.1) is 11.3 Å². The predicted molar refractivity (Wildman–Crippen MR) is 118 cm³/mol. The lowest BCUT2D eigenvalue weighted by Crippen LogP contribution is -2.01. The molecule has 3 aromatic carbocycles. The van der Waals surface area contributed by atoms with Crippen molar-refractivity contribution in [2.45, 2.75) is 6.61 Å². The SMILES string of the molecule is COC(=O)c1ccc(COc2ccc(/C=C(\C#N)c3nc4ccccc4[nH]3)cc2)cc1. The average molecular weight is 409 g/mol. The Morgan fingerprint density at radius 2 is 1.81 bits per heavy atom. The number of hydrogen-bond acceptors (Lipinski definition) is 5. The van der Waals surface area contributed by atoms with Gasteiger partial charge in [0.2, 0.25) is 0 Å². The molecule has 6 nitrogen and oxygen atoms in total. The Morgan fingerprint density at radius 3 is 2.48 bits per heavy atom. The normalized spacial score (nSPS) is 11.2. The van der Waals surface area contributed by atoms with E-state index in [2.05, 4.69) is 16.0 Å². The minimum Gasteiger partial charge on any atom is -0.489 e. The lowest BCUT2D eigenvalue weighted by Gasteiger charge is -2.07. The van der Waals surface area contributed by atoms with Crippen LogP contribution in [0.15, 0.2) is 72.8 Å². The number of aromatic nitrogens is 2. The van der Waals surface area contributed by atoms with Crippen molar-refractivity contribution < 1.29 is 14.3 Å². The summed E-state index contributed by atoms with van der Waals surface area (Å²) in [6.45, 7) is 0.374. The van der Waals surface area contributed by atoms with E-state index in [0.29, 0.717) is 29.3 Å². The summed E-state index contributed by atoms with van der Waals surface area (Å²) in [5.74, 6) is 0.881. The largest absolute Gasteiger partial charge is 0.489 e. The van der Waals surface area contributed by atoms with E-state index in [1.54, 1.807) is 18.2 Å². The molecule has 6 heteroatoms. The van der Waals surface area contributed by atoms with Gasteiger partial charge in [-0.3, -0.25) is 0 Å². The summed E-state index contributed by atoms with van der Waals surface area (Å²) in [5, 5.41) is 9.57. The minimum atomic E-state index is -0.365. The van der Waals surface area contributed by atoms with E-state index in [4.69, 9.17) is 9.47 Å². The van der Waals surface area contributed by atoms with Crippen molar-refractivity contribution in [2.75, 3.05) is 7.11 Å². The van der Waals surface area contributed by atoms with E-state index in [0.717, 1.165) is 22.2 Å². The number of benzene rings is 3. The monoisotopic (exact) mass is 409 g/mol. The van der Waals surface area contributed by atoms with Crippen LogP contribution in [0.3, 0.4) is 0 Å². The molecule has 152 valence electrons. The number of nitrogens with one attached hydrogen (secondary N) is 1. The van der Waals surface area contributed by atoms with Gasteiger partial charge < -0.3 is 14.5 Å². The van der Waals surface area contributed by atoms with Gasteiger partial charge in [-0.25, -0.2) is 9.78 Å². The summed E-state index contributed by atoms with van der Waals surface area (Å²) in [6.07, 6.45) is 1.78. The van der Waals surface area contributed by atoms with Crippen molar-refractivity contribution in [3.8, 4) is 11.8 Å². The number of para-hydroxylation sites is 2. The molecule has 0 bridgehead atoms. The van der Waals surface area contributed by atoms with Crippen molar-refractivity contribution in [3.63, 3.8) is 0 Å². The third-order valence-corrected chi connectivity index (χ3v) is 4.74. The summed E-state index contributed by atoms with van der Waals surface area (Å²) in [4.78, 5) is 19.1. The zero-order valence-corrected chi connectivity index (χ0v) is 16.8. The second-order valence-corrected chi connectivity index (χ2v) is 6.82. The second-order valence-electron chi connectivity index (χ2n) is 6.82. The molecule has 1 heterocycles. The molecule has 0 aliphatic rings. The summed E-state index contributed by atoms with van der Waals surface area (Å²) >= 11 is 0. The Balaban J connectivity index is 1.43. The third-order valence-electron chi connectivity index (χ3n) is 4.74. The van der Waals surface area contributed by atoms with Crippen molar-refractivity contribution in [3.05, 3.63) is 95.3 Å². The number of nitrogens with zero attached hydrogens (tertiary/aromatic N) is 2. The van der Waals surface area contributed by atoms with E-state index in [9.17, 15) is 10.1 Å². The lowest BCUT2D eigenvalue weighted by atomic mass is 10.1. The van der Waals surface area contributed by atoms with Crippen LogP contribution in [0.2, 0.25) is 0 Å². The molecule has 0 unspecified atom stereocenters. The van der Waals surface area contributed by atoms with Gasteiger partial charge in [0, 0.05) is 0 Å². The highest BCUT2D eigenvalue weighted by Gasteiger charge is 2.08. The maximum absolute atomic E-state index is 11.5. The molecule has 0 aliphatic carbocycles. The number of allylic oxidation sites excluding steroid dienone is 1. The molecular weight excluding hydrogens is 390 g/mol. The highest BCUT2D eigenvalue weighted by Crippen LogP contribution is 2.21. The molecule has 0 spiro atoms. The summed E-state index contributed by atoms with van der Waals surface area (Å²) in [5.41, 5.74) is 4.47. The highest BCUT2D eigenvalue weighted by molar-refractivity contribution is 5.90. The van der Waals surface area contributed by atoms with E-state index in [1.165, 1.54) is 7.11 Å². The van der Waals surface area contributed by atoms with Crippen LogP contribution in [0.1, 0.15) is 27.3 Å². The van der Waals surface area contributed by atoms with Crippen molar-refractivity contribution in [1.29, 1.82) is 5.26 Å². The first-order chi connectivity index (χ1) is 15.2. The molecule has 0 amide bonds. The number of aromatic amines is 1. The molecule has 0 saturated carbocycles. The quantitative estimate of drug-likeness (QED) is 0.358. The van der Waals surface area contributed by atoms with Crippen LogP contribution in [0.25, 0.3) is 22.7 Å². The number of esters is 1. The molecule has 0 aliphatic heterocycles. The summed E-state index contributed by atoms with van der Waals surface area (Å²) in [7, 11) is 1.36. The van der Waals surface area contributed by atoms with Crippen molar-refractivity contribution in [1.82, 2.24) is 9.97 Å². The van der Waals surface area contributed by atoms with Gasteiger partial charge in [0.15, 0.2) is 0 Å². The smallest absolute Gasteiger partial charge is 0.337 e. The fourth-order valence-electron chi connectivity index (χ4n) is 3.08. The zero-order valence-electron chi connectivity index (χ0n) is 16.8. The number of H-pyrrole nitrogens is 1. The number of imidazole rings is 1. The number of carbonyl (C=O) groups excluding carboxylic acids is 1. The Hall–Kier alpha value is -4.37. The number of fused-ring (bicyclic) bond motifs is 1. The molecule has 1 aromatic heterocycles. The number of carbonyl (C=O) groups is 1. The Bertz CT molecular complexity index is 1250. The van der Waals surface area contributed by atoms with Gasteiger partial charge in [-0.2, -0.15) is 5.26 Å². The molecule has 1 N–H and O–H groups in total. The molecule has 0 radical (unpaired) electrons. The van der Waals surface area contributed by atoms with E-state index in [-0.39, 0.29) is 5.97 Å². The molecule has 31 heavy (non-hydrogen) atoms. The second kappa shape index (κ2) is 8.97. The van der Waals surface area contributed by atoms with Gasteiger partial charge in [0.1, 0.15) is 24.3 Å². The molecule has 0 saturated heterocycles. The molecule has 0 fully saturated rings. The standard InChI is InChI=1S/C25H19N3O3/c1-30-25(29)19-10-6-18(7-11-19)16-31-21-12-8-17(9-13-21)14-20(15-26)24-27-22-4-2-3-5-23(22)28-24/h2-14H,16H2,1H3,(H,27,28)/b20-14+. The van der Waals surface area contributed by atoms with Crippen LogP contribution >= 0.6 is 0 Å². The lowest BCUT2D eigenvalue weighted by molar-refractivity contribution is 0.0600. The summed E-state index contributed by atoms with van der Waals surface area (Å²) in [6, 6.07) is 24.4. The number of methoxy groups -OCH3 is 1. The van der Waals surface area contributed by atoms with Crippen molar-refractivity contribution >= 4 is 28.7 Å². The van der Waals surface area contributed by atoms with Crippen LogP contribution in [0.5, 0.6) is 5.75 Å². The van der Waals surface area contributed by atoms with Gasteiger partial charge in [0.05, 0.1) is 29.3 Å². The van der Waals surface area contributed by atoms with Gasteiger partial charge in [-0.15, -0.1) is 0 Å². The third kappa shape index (κ3) is 4.62.